The first-order valence-electron chi connectivity index (χ1n) is 14.3. The first-order chi connectivity index (χ1) is 18.6. The Bertz CT molecular complexity index is 774. The lowest BCUT2D eigenvalue weighted by atomic mass is 10.1. The molecule has 0 bridgehead atoms. The third kappa shape index (κ3) is 8.64. The van der Waals surface area contributed by atoms with Crippen LogP contribution in [0.2, 0.25) is 0 Å². The maximum atomic E-state index is 12.3. The molecule has 38 heavy (non-hydrogen) atoms. The Morgan fingerprint density at radius 3 is 1.50 bits per heavy atom. The van der Waals surface area contributed by atoms with Crippen LogP contribution in [0.25, 0.3) is 0 Å². The molecule has 0 aromatic rings. The van der Waals surface area contributed by atoms with Crippen molar-refractivity contribution in [1.29, 1.82) is 0 Å². The van der Waals surface area contributed by atoms with Crippen LogP contribution in [0.3, 0.4) is 0 Å². The Balaban J connectivity index is 1.15. The van der Waals surface area contributed by atoms with Crippen LogP contribution >= 0.6 is 0 Å². The van der Waals surface area contributed by atoms with Crippen molar-refractivity contribution in [1.82, 2.24) is 16.0 Å². The monoisotopic (exact) mass is 532 g/mol. The molecule has 0 aliphatic heterocycles. The van der Waals surface area contributed by atoms with Crippen molar-refractivity contribution in [2.24, 2.45) is 41.2 Å². The lowest BCUT2D eigenvalue weighted by Crippen LogP contribution is -2.45. The highest BCUT2D eigenvalue weighted by Gasteiger charge is 2.50. The number of nitrogens with one attached hydrogen (secondary N) is 3. The van der Waals surface area contributed by atoms with Gasteiger partial charge in [0, 0.05) is 13.1 Å². The number of allylic oxidation sites excluding steroid dienone is 4. The van der Waals surface area contributed by atoms with Crippen LogP contribution in [0.15, 0.2) is 24.3 Å². The van der Waals surface area contributed by atoms with Crippen LogP contribution in [0, 0.1) is 35.5 Å². The zero-order valence-corrected chi connectivity index (χ0v) is 22.3. The van der Waals surface area contributed by atoms with Crippen molar-refractivity contribution in [3.8, 4) is 0 Å². The minimum Gasteiger partial charge on any atom is -0.449 e. The molecule has 0 aromatic heterocycles. The minimum atomic E-state index is -0.795. The first kappa shape index (κ1) is 28.3. The maximum Gasteiger partial charge on any atom is 0.407 e. The molecular weight excluding hydrogens is 488 g/mol. The van der Waals surface area contributed by atoms with Gasteiger partial charge in [0.05, 0.1) is 26.3 Å². The van der Waals surface area contributed by atoms with Gasteiger partial charge in [0.25, 0.3) is 0 Å². The van der Waals surface area contributed by atoms with Crippen LogP contribution in [0.1, 0.15) is 51.4 Å². The third-order valence-corrected chi connectivity index (χ3v) is 8.47. The van der Waals surface area contributed by atoms with Crippen molar-refractivity contribution in [3.63, 3.8) is 0 Å². The lowest BCUT2D eigenvalue weighted by Gasteiger charge is -2.19. The molecular formula is C28H44N4O6. The van der Waals surface area contributed by atoms with Gasteiger partial charge in [-0.05, 0) is 86.9 Å². The predicted molar refractivity (Wildman–Crippen MR) is 142 cm³/mol. The summed E-state index contributed by atoms with van der Waals surface area (Å²) in [6.07, 6.45) is 15.3. The molecule has 4 unspecified atom stereocenters. The van der Waals surface area contributed by atoms with Crippen LogP contribution in [0.4, 0.5) is 14.4 Å². The minimum absolute atomic E-state index is 0.00360. The summed E-state index contributed by atoms with van der Waals surface area (Å²) in [6.45, 7) is 1.32. The van der Waals surface area contributed by atoms with Gasteiger partial charge in [0.1, 0.15) is 6.10 Å². The summed E-state index contributed by atoms with van der Waals surface area (Å²) < 4.78 is 16.3. The number of carbonyl (C=O) groups excluding carboxylic acids is 3. The van der Waals surface area contributed by atoms with Crippen molar-refractivity contribution in [3.05, 3.63) is 24.3 Å². The summed E-state index contributed by atoms with van der Waals surface area (Å²) in [6, 6.07) is 0. The second kappa shape index (κ2) is 14.4. The van der Waals surface area contributed by atoms with E-state index in [1.165, 1.54) is 0 Å². The number of hydrogen-bond acceptors (Lipinski definition) is 7. The molecule has 10 heteroatoms. The van der Waals surface area contributed by atoms with Gasteiger partial charge in [-0.3, -0.25) is 0 Å². The Hall–Kier alpha value is -2.75. The SMILES string of the molecule is NCCNC(=O)OC(CNC(=O)OCC1C2CC/C=C/CCC21)CNC(=O)OCC1C2CC/C=C/CCC21. The van der Waals surface area contributed by atoms with Gasteiger partial charge in [-0.25, -0.2) is 14.4 Å². The van der Waals surface area contributed by atoms with E-state index in [2.05, 4.69) is 40.3 Å². The normalized spacial score (nSPS) is 31.7. The molecule has 10 nitrogen and oxygen atoms in total. The van der Waals surface area contributed by atoms with E-state index < -0.39 is 24.4 Å². The van der Waals surface area contributed by atoms with E-state index in [9.17, 15) is 14.4 Å². The summed E-state index contributed by atoms with van der Waals surface area (Å²) in [5.41, 5.74) is 5.43. The Morgan fingerprint density at radius 2 is 1.11 bits per heavy atom. The molecule has 0 aromatic carbocycles. The van der Waals surface area contributed by atoms with Gasteiger partial charge in [-0.15, -0.1) is 0 Å². The highest BCUT2D eigenvalue weighted by atomic mass is 16.6. The third-order valence-electron chi connectivity index (χ3n) is 8.47. The summed E-state index contributed by atoms with van der Waals surface area (Å²) in [5, 5.41) is 7.85. The standard InChI is InChI=1S/C28H44N4O6/c29-13-14-30-28(35)38-19(15-31-26(33)36-17-24-20-9-5-1-2-6-10-21(20)24)16-32-27(34)37-18-25-22-11-7-3-4-8-12-23(22)25/h1-4,19-25H,5-18,29H2,(H,30,35)(H,31,33)(H,32,34)/b2-1+,4-3+. The molecule has 4 aliphatic carbocycles. The van der Waals surface area contributed by atoms with Crippen molar-refractivity contribution in [2.75, 3.05) is 39.4 Å². The van der Waals surface area contributed by atoms with Crippen molar-refractivity contribution in [2.45, 2.75) is 57.5 Å². The van der Waals surface area contributed by atoms with Gasteiger partial charge < -0.3 is 35.9 Å². The summed E-state index contributed by atoms with van der Waals surface area (Å²) in [7, 11) is 0. The molecule has 0 saturated heterocycles. The molecule has 212 valence electrons. The molecule has 5 N–H and O–H groups in total. The largest absolute Gasteiger partial charge is 0.449 e. The highest BCUT2D eigenvalue weighted by Crippen LogP contribution is 2.53. The van der Waals surface area contributed by atoms with Crippen LogP contribution < -0.4 is 21.7 Å². The average Bonchev–Trinajstić information content (AvgIpc) is 3.74. The van der Waals surface area contributed by atoms with Crippen LogP contribution in [0.5, 0.6) is 0 Å². The van der Waals surface area contributed by atoms with Gasteiger partial charge in [-0.2, -0.15) is 0 Å². The topological polar surface area (TPSA) is 141 Å². The van der Waals surface area contributed by atoms with E-state index in [0.29, 0.717) is 48.7 Å². The molecule has 4 atom stereocenters. The number of hydrogen-bond donors (Lipinski definition) is 4. The fourth-order valence-corrected chi connectivity index (χ4v) is 6.24. The molecule has 2 saturated carbocycles. The molecule has 2 fully saturated rings. The summed E-state index contributed by atoms with van der Waals surface area (Å²) >= 11 is 0. The van der Waals surface area contributed by atoms with E-state index in [-0.39, 0.29) is 26.2 Å². The Labute approximate surface area is 225 Å². The number of amides is 3. The Kier molecular flexibility index (Phi) is 10.7. The van der Waals surface area contributed by atoms with Gasteiger partial charge in [0.15, 0.2) is 0 Å². The highest BCUT2D eigenvalue weighted by molar-refractivity contribution is 5.69. The van der Waals surface area contributed by atoms with Crippen molar-refractivity contribution < 1.29 is 28.6 Å². The fraction of sp³-hybridized carbons (Fsp3) is 0.750. The number of ether oxygens (including phenoxy) is 3. The molecule has 0 spiro atoms. The van der Waals surface area contributed by atoms with Crippen LogP contribution in [-0.4, -0.2) is 63.8 Å². The van der Waals surface area contributed by atoms with Crippen molar-refractivity contribution >= 4 is 18.3 Å². The van der Waals surface area contributed by atoms with Gasteiger partial charge in [0.2, 0.25) is 0 Å². The number of alkyl carbamates (subject to hydrolysis) is 3. The molecule has 3 amide bonds. The fourth-order valence-electron chi connectivity index (χ4n) is 6.24. The molecule has 0 radical (unpaired) electrons. The predicted octanol–water partition coefficient (Wildman–Crippen LogP) is 3.48. The molecule has 4 rings (SSSR count). The zero-order chi connectivity index (χ0) is 26.7. The number of rotatable bonds is 11. The summed E-state index contributed by atoms with van der Waals surface area (Å²) in [4.78, 5) is 36.7. The van der Waals surface area contributed by atoms with Gasteiger partial charge in [-0.1, -0.05) is 24.3 Å². The van der Waals surface area contributed by atoms with E-state index in [4.69, 9.17) is 19.9 Å². The lowest BCUT2D eigenvalue weighted by molar-refractivity contribution is 0.0860. The zero-order valence-electron chi connectivity index (χ0n) is 22.3. The second-order valence-electron chi connectivity index (χ2n) is 10.9. The molecule has 0 heterocycles. The Morgan fingerprint density at radius 1 is 0.684 bits per heavy atom. The average molecular weight is 533 g/mol. The van der Waals surface area contributed by atoms with Crippen LogP contribution in [-0.2, 0) is 14.2 Å². The second-order valence-corrected chi connectivity index (χ2v) is 10.9. The van der Waals surface area contributed by atoms with Gasteiger partial charge >= 0.3 is 18.3 Å². The number of fused-ring (bicyclic) bond motifs is 2. The quantitative estimate of drug-likeness (QED) is 0.236. The number of carbonyl (C=O) groups is 3. The van der Waals surface area contributed by atoms with E-state index >= 15 is 0 Å². The maximum absolute atomic E-state index is 12.3. The van der Waals surface area contributed by atoms with E-state index in [0.717, 1.165) is 51.4 Å². The first-order valence-corrected chi connectivity index (χ1v) is 14.3. The van der Waals surface area contributed by atoms with E-state index in [1.54, 1.807) is 0 Å². The molecule has 4 aliphatic rings. The summed E-state index contributed by atoms with van der Waals surface area (Å²) in [5.74, 6) is 3.38. The van der Waals surface area contributed by atoms with E-state index in [1.807, 2.05) is 0 Å². The smallest absolute Gasteiger partial charge is 0.407 e. The number of nitrogens with two attached hydrogens (primary N) is 1.